The van der Waals surface area contributed by atoms with Crippen molar-refractivity contribution in [3.05, 3.63) is 0 Å². The van der Waals surface area contributed by atoms with E-state index in [9.17, 15) is 8.42 Å². The van der Waals surface area contributed by atoms with Crippen LogP contribution in [0.5, 0.6) is 0 Å². The van der Waals surface area contributed by atoms with Crippen LogP contribution in [0.25, 0.3) is 0 Å². The summed E-state index contributed by atoms with van der Waals surface area (Å²) in [4.78, 5) is 0. The standard InChI is InChI=1S/C9H18N2O2S/c1-2-9(10)6-11(7-9)14(12,13)5-8-3-4-8/h8H,2-7,10H2,1H3. The molecule has 2 N–H and O–H groups in total. The Kier molecular flexibility index (Phi) is 2.36. The van der Waals surface area contributed by atoms with E-state index in [1.807, 2.05) is 6.92 Å². The first-order valence-corrected chi connectivity index (χ1v) is 6.83. The molecular formula is C9H18N2O2S. The maximum absolute atomic E-state index is 11.7. The molecule has 0 bridgehead atoms. The summed E-state index contributed by atoms with van der Waals surface area (Å²) in [5, 5.41) is 0. The van der Waals surface area contributed by atoms with Crippen LogP contribution in [0.15, 0.2) is 0 Å². The van der Waals surface area contributed by atoms with Gasteiger partial charge in [0.15, 0.2) is 0 Å². The summed E-state index contributed by atoms with van der Waals surface area (Å²) in [6.45, 7) is 3.03. The highest BCUT2D eigenvalue weighted by molar-refractivity contribution is 7.89. The van der Waals surface area contributed by atoms with Crippen LogP contribution >= 0.6 is 0 Å². The first-order valence-electron chi connectivity index (χ1n) is 5.22. The summed E-state index contributed by atoms with van der Waals surface area (Å²) in [6, 6.07) is 0. The molecule has 14 heavy (non-hydrogen) atoms. The fourth-order valence-electron chi connectivity index (χ4n) is 1.76. The molecule has 0 aromatic rings. The zero-order valence-corrected chi connectivity index (χ0v) is 9.39. The van der Waals surface area contributed by atoms with Crippen molar-refractivity contribution >= 4 is 10.0 Å². The molecule has 82 valence electrons. The molecule has 4 nitrogen and oxygen atoms in total. The quantitative estimate of drug-likeness (QED) is 0.730. The zero-order chi connectivity index (χ0) is 10.4. The van der Waals surface area contributed by atoms with E-state index in [-0.39, 0.29) is 5.54 Å². The van der Waals surface area contributed by atoms with Gasteiger partial charge in [0.05, 0.1) is 5.75 Å². The van der Waals surface area contributed by atoms with Crippen molar-refractivity contribution in [3.8, 4) is 0 Å². The molecule has 1 saturated carbocycles. The highest BCUT2D eigenvalue weighted by Crippen LogP contribution is 2.33. The van der Waals surface area contributed by atoms with Gasteiger partial charge in [-0.05, 0) is 25.2 Å². The molecule has 0 radical (unpaired) electrons. The van der Waals surface area contributed by atoms with Gasteiger partial charge >= 0.3 is 0 Å². The van der Waals surface area contributed by atoms with Crippen molar-refractivity contribution in [2.24, 2.45) is 11.7 Å². The van der Waals surface area contributed by atoms with Crippen molar-refractivity contribution < 1.29 is 8.42 Å². The minimum absolute atomic E-state index is 0.253. The van der Waals surface area contributed by atoms with Gasteiger partial charge in [-0.25, -0.2) is 8.42 Å². The lowest BCUT2D eigenvalue weighted by molar-refractivity contribution is 0.153. The maximum Gasteiger partial charge on any atom is 0.214 e. The molecular weight excluding hydrogens is 200 g/mol. The van der Waals surface area contributed by atoms with E-state index in [1.165, 1.54) is 4.31 Å². The molecule has 1 saturated heterocycles. The highest BCUT2D eigenvalue weighted by atomic mass is 32.2. The first-order chi connectivity index (χ1) is 6.45. The lowest BCUT2D eigenvalue weighted by Crippen LogP contribution is -2.68. The second kappa shape index (κ2) is 3.18. The molecule has 2 fully saturated rings. The molecule has 0 aromatic heterocycles. The van der Waals surface area contributed by atoms with Crippen molar-refractivity contribution in [1.82, 2.24) is 4.31 Å². The summed E-state index contributed by atoms with van der Waals surface area (Å²) in [6.07, 6.45) is 3.01. The molecule has 5 heteroatoms. The predicted octanol–water partition coefficient (Wildman–Crippen LogP) is 0.149. The van der Waals surface area contributed by atoms with Crippen LogP contribution < -0.4 is 5.73 Å². The van der Waals surface area contributed by atoms with E-state index in [4.69, 9.17) is 5.73 Å². The average Bonchev–Trinajstić information content (AvgIpc) is 2.81. The van der Waals surface area contributed by atoms with Crippen LogP contribution in [0, 0.1) is 5.92 Å². The van der Waals surface area contributed by atoms with E-state index in [1.54, 1.807) is 0 Å². The maximum atomic E-state index is 11.7. The van der Waals surface area contributed by atoms with E-state index in [2.05, 4.69) is 0 Å². The molecule has 0 aromatic carbocycles. The SMILES string of the molecule is CCC1(N)CN(S(=O)(=O)CC2CC2)C1. The van der Waals surface area contributed by atoms with Gasteiger partial charge in [0.25, 0.3) is 0 Å². The average molecular weight is 218 g/mol. The third kappa shape index (κ3) is 1.94. The van der Waals surface area contributed by atoms with Gasteiger partial charge < -0.3 is 5.73 Å². The number of sulfonamides is 1. The van der Waals surface area contributed by atoms with Gasteiger partial charge in [-0.2, -0.15) is 4.31 Å². The largest absolute Gasteiger partial charge is 0.323 e. The topological polar surface area (TPSA) is 63.4 Å². The number of hydrogen-bond donors (Lipinski definition) is 1. The number of nitrogens with zero attached hydrogens (tertiary/aromatic N) is 1. The number of hydrogen-bond acceptors (Lipinski definition) is 3. The smallest absolute Gasteiger partial charge is 0.214 e. The van der Waals surface area contributed by atoms with Gasteiger partial charge in [-0.1, -0.05) is 6.92 Å². The van der Waals surface area contributed by atoms with E-state index >= 15 is 0 Å². The number of nitrogens with two attached hydrogens (primary N) is 1. The van der Waals surface area contributed by atoms with Crippen molar-refractivity contribution in [2.75, 3.05) is 18.8 Å². The first kappa shape index (κ1) is 10.4. The summed E-state index contributed by atoms with van der Waals surface area (Å²) in [7, 11) is -2.99. The van der Waals surface area contributed by atoms with Crippen LogP contribution in [0.4, 0.5) is 0 Å². The Hall–Kier alpha value is -0.130. The number of rotatable bonds is 4. The van der Waals surface area contributed by atoms with Gasteiger partial charge in [-0.3, -0.25) is 0 Å². The van der Waals surface area contributed by atoms with Crippen molar-refractivity contribution in [3.63, 3.8) is 0 Å². The van der Waals surface area contributed by atoms with Crippen LogP contribution in [0.3, 0.4) is 0 Å². The van der Waals surface area contributed by atoms with Crippen LogP contribution in [0.2, 0.25) is 0 Å². The third-order valence-electron chi connectivity index (χ3n) is 3.22. The Morgan fingerprint density at radius 1 is 1.43 bits per heavy atom. The van der Waals surface area contributed by atoms with Gasteiger partial charge in [-0.15, -0.1) is 0 Å². The molecule has 0 atom stereocenters. The Bertz CT molecular complexity index is 316. The van der Waals surface area contributed by atoms with Gasteiger partial charge in [0.1, 0.15) is 0 Å². The lowest BCUT2D eigenvalue weighted by atomic mass is 9.91. The molecule has 0 unspecified atom stereocenters. The summed E-state index contributed by atoms with van der Waals surface area (Å²) in [5.41, 5.74) is 5.68. The fraction of sp³-hybridized carbons (Fsp3) is 1.00. The molecule has 0 spiro atoms. The molecule has 1 aliphatic carbocycles. The second-order valence-corrected chi connectivity index (χ2v) is 6.72. The molecule has 2 aliphatic rings. The lowest BCUT2D eigenvalue weighted by Gasteiger charge is -2.46. The normalized spacial score (nSPS) is 27.3. The van der Waals surface area contributed by atoms with E-state index in [0.717, 1.165) is 19.3 Å². The van der Waals surface area contributed by atoms with Crippen LogP contribution in [0.1, 0.15) is 26.2 Å². The minimum atomic E-state index is -2.99. The third-order valence-corrected chi connectivity index (χ3v) is 5.16. The van der Waals surface area contributed by atoms with Gasteiger partial charge in [0.2, 0.25) is 10.0 Å². The Labute approximate surface area is 85.5 Å². The van der Waals surface area contributed by atoms with Crippen molar-refractivity contribution in [2.45, 2.75) is 31.7 Å². The Balaban J connectivity index is 1.91. The molecule has 2 rings (SSSR count). The van der Waals surface area contributed by atoms with E-state index in [0.29, 0.717) is 24.8 Å². The summed E-state index contributed by atoms with van der Waals surface area (Å²) in [5.74, 6) is 0.765. The monoisotopic (exact) mass is 218 g/mol. The second-order valence-electron chi connectivity index (χ2n) is 4.71. The summed E-state index contributed by atoms with van der Waals surface area (Å²) >= 11 is 0. The highest BCUT2D eigenvalue weighted by Gasteiger charge is 2.45. The predicted molar refractivity (Wildman–Crippen MR) is 55.3 cm³/mol. The summed E-state index contributed by atoms with van der Waals surface area (Å²) < 4.78 is 25.0. The van der Waals surface area contributed by atoms with Gasteiger partial charge in [0, 0.05) is 18.6 Å². The minimum Gasteiger partial charge on any atom is -0.323 e. The van der Waals surface area contributed by atoms with E-state index < -0.39 is 10.0 Å². The Morgan fingerprint density at radius 3 is 2.43 bits per heavy atom. The van der Waals surface area contributed by atoms with Crippen LogP contribution in [-0.4, -0.2) is 37.1 Å². The molecule has 1 heterocycles. The van der Waals surface area contributed by atoms with Crippen LogP contribution in [-0.2, 0) is 10.0 Å². The fourth-order valence-corrected chi connectivity index (χ4v) is 3.81. The Morgan fingerprint density at radius 2 is 2.00 bits per heavy atom. The zero-order valence-electron chi connectivity index (χ0n) is 8.57. The molecule has 1 aliphatic heterocycles. The molecule has 0 amide bonds. The van der Waals surface area contributed by atoms with Crippen molar-refractivity contribution in [1.29, 1.82) is 0 Å².